The van der Waals surface area contributed by atoms with Crippen LogP contribution in [0.2, 0.25) is 10.0 Å². The Labute approximate surface area is 174 Å². The Balaban J connectivity index is 1.82. The highest BCUT2D eigenvalue weighted by molar-refractivity contribution is 6.47. The van der Waals surface area contributed by atoms with Crippen molar-refractivity contribution in [3.8, 4) is 0 Å². The van der Waals surface area contributed by atoms with Crippen LogP contribution in [0, 0.1) is 0 Å². The first kappa shape index (κ1) is 22.5. The molecule has 11 heteroatoms. The van der Waals surface area contributed by atoms with Crippen molar-refractivity contribution in [2.24, 2.45) is 0 Å². The number of likely N-dealkylation sites (N-methyl/N-ethyl adjacent to an activating group) is 1. The van der Waals surface area contributed by atoms with Gasteiger partial charge in [0.2, 0.25) is 5.91 Å². The fourth-order valence-electron chi connectivity index (χ4n) is 2.46. The van der Waals surface area contributed by atoms with Gasteiger partial charge in [-0.25, -0.2) is 0 Å². The molecule has 1 aliphatic rings. The van der Waals surface area contributed by atoms with Crippen LogP contribution >= 0.6 is 23.2 Å². The molecule has 2 amide bonds. The number of hydrogen-bond acceptors (Lipinski definition) is 6. The average Bonchev–Trinajstić information content (AvgIpc) is 2.67. The van der Waals surface area contributed by atoms with Gasteiger partial charge in [0.15, 0.2) is 0 Å². The fourth-order valence-corrected chi connectivity index (χ4v) is 2.84. The molecule has 1 aromatic rings. The lowest BCUT2D eigenvalue weighted by Gasteiger charge is -2.33. The second-order valence-electron chi connectivity index (χ2n) is 6.50. The largest absolute Gasteiger partial charge is 0.547 e. The van der Waals surface area contributed by atoms with Gasteiger partial charge in [0.1, 0.15) is 6.04 Å². The summed E-state index contributed by atoms with van der Waals surface area (Å²) in [5.74, 6) is -1.43. The molecule has 2 rings (SSSR count). The number of halogens is 2. The Morgan fingerprint density at radius 1 is 1.29 bits per heavy atom. The zero-order valence-corrected chi connectivity index (χ0v) is 17.3. The maximum absolute atomic E-state index is 12.1. The third-order valence-electron chi connectivity index (χ3n) is 4.47. The summed E-state index contributed by atoms with van der Waals surface area (Å²) in [6, 6.07) is 4.07. The lowest BCUT2D eigenvalue weighted by Crippen LogP contribution is -2.52. The van der Waals surface area contributed by atoms with Gasteiger partial charge in [0, 0.05) is 17.7 Å². The molecule has 0 bridgehead atoms. The summed E-state index contributed by atoms with van der Waals surface area (Å²) < 4.78 is 10.8. The molecular formula is C17H22BCl2N3O5. The molecule has 2 N–H and O–H groups in total. The van der Waals surface area contributed by atoms with Gasteiger partial charge in [-0.2, -0.15) is 0 Å². The SMILES string of the molecule is C[C@@H]1C(=O)OB(CNC(=O)CNC(=O)c2cc(Cl)ccc2Cl)OC[C@H](C)N1C. The molecule has 0 aliphatic carbocycles. The van der Waals surface area contributed by atoms with Crippen LogP contribution in [0.15, 0.2) is 18.2 Å². The Morgan fingerprint density at radius 3 is 2.71 bits per heavy atom. The van der Waals surface area contributed by atoms with Crippen LogP contribution in [0.4, 0.5) is 0 Å². The summed E-state index contributed by atoms with van der Waals surface area (Å²) in [6.45, 7) is 3.74. The number of amides is 2. The van der Waals surface area contributed by atoms with Crippen LogP contribution in [0.5, 0.6) is 0 Å². The summed E-state index contributed by atoms with van der Waals surface area (Å²) in [6.07, 6.45) is -0.0263. The average molecular weight is 430 g/mol. The van der Waals surface area contributed by atoms with Crippen molar-refractivity contribution in [3.05, 3.63) is 33.8 Å². The highest BCUT2D eigenvalue weighted by Gasteiger charge is 2.33. The van der Waals surface area contributed by atoms with E-state index in [1.807, 2.05) is 18.9 Å². The lowest BCUT2D eigenvalue weighted by molar-refractivity contribution is -0.144. The van der Waals surface area contributed by atoms with Gasteiger partial charge in [-0.05, 0) is 39.1 Å². The molecule has 8 nitrogen and oxygen atoms in total. The van der Waals surface area contributed by atoms with Crippen LogP contribution in [0.1, 0.15) is 24.2 Å². The number of carbonyl (C=O) groups excluding carboxylic acids is 3. The van der Waals surface area contributed by atoms with E-state index in [0.29, 0.717) is 11.6 Å². The molecule has 1 aliphatic heterocycles. The first-order valence-corrected chi connectivity index (χ1v) is 9.48. The Hall–Kier alpha value is -1.81. The molecule has 0 aromatic heterocycles. The molecule has 152 valence electrons. The predicted octanol–water partition coefficient (Wildman–Crippen LogP) is 1.15. The first-order valence-electron chi connectivity index (χ1n) is 8.73. The van der Waals surface area contributed by atoms with E-state index in [1.165, 1.54) is 12.1 Å². The van der Waals surface area contributed by atoms with Crippen molar-refractivity contribution < 1.29 is 23.7 Å². The Kier molecular flexibility index (Phi) is 8.12. The van der Waals surface area contributed by atoms with E-state index < -0.39 is 30.9 Å². The van der Waals surface area contributed by atoms with Crippen LogP contribution in [0.3, 0.4) is 0 Å². The van der Waals surface area contributed by atoms with Gasteiger partial charge < -0.3 is 19.9 Å². The molecule has 1 heterocycles. The molecule has 2 atom stereocenters. The smallest absolute Gasteiger partial charge is 0.507 e. The van der Waals surface area contributed by atoms with Gasteiger partial charge in [0.25, 0.3) is 5.91 Å². The highest BCUT2D eigenvalue weighted by Crippen LogP contribution is 2.20. The summed E-state index contributed by atoms with van der Waals surface area (Å²) in [5, 5.41) is 5.61. The summed E-state index contributed by atoms with van der Waals surface area (Å²) in [5.41, 5.74) is 0.173. The number of carbonyl (C=O) groups is 3. The van der Waals surface area contributed by atoms with Gasteiger partial charge in [-0.1, -0.05) is 23.2 Å². The van der Waals surface area contributed by atoms with E-state index in [-0.39, 0.29) is 29.6 Å². The van der Waals surface area contributed by atoms with Gasteiger partial charge >= 0.3 is 13.1 Å². The van der Waals surface area contributed by atoms with E-state index in [2.05, 4.69) is 10.6 Å². The quantitative estimate of drug-likeness (QED) is 0.681. The minimum Gasteiger partial charge on any atom is -0.507 e. The summed E-state index contributed by atoms with van der Waals surface area (Å²) in [4.78, 5) is 38.1. The van der Waals surface area contributed by atoms with Gasteiger partial charge in [-0.3, -0.25) is 19.3 Å². The second-order valence-corrected chi connectivity index (χ2v) is 7.34. The maximum Gasteiger partial charge on any atom is 0.547 e. The number of nitrogens with zero attached hydrogens (tertiary/aromatic N) is 1. The van der Waals surface area contributed by atoms with E-state index >= 15 is 0 Å². The number of rotatable bonds is 5. The normalized spacial score (nSPS) is 20.8. The van der Waals surface area contributed by atoms with Crippen molar-refractivity contribution in [2.75, 3.05) is 26.6 Å². The van der Waals surface area contributed by atoms with E-state index in [1.54, 1.807) is 13.0 Å². The zero-order valence-electron chi connectivity index (χ0n) is 15.8. The molecule has 1 saturated heterocycles. The van der Waals surface area contributed by atoms with Crippen molar-refractivity contribution in [1.82, 2.24) is 15.5 Å². The van der Waals surface area contributed by atoms with Gasteiger partial charge in [0.05, 0.1) is 23.6 Å². The topological polar surface area (TPSA) is 97.0 Å². The number of benzene rings is 1. The first-order chi connectivity index (χ1) is 13.2. The molecule has 1 fully saturated rings. The third-order valence-corrected chi connectivity index (χ3v) is 5.03. The Bertz CT molecular complexity index is 752. The molecule has 1 aromatic carbocycles. The van der Waals surface area contributed by atoms with E-state index in [0.717, 1.165) is 0 Å². The monoisotopic (exact) mass is 429 g/mol. The fraction of sp³-hybridized carbons (Fsp3) is 0.471. The highest BCUT2D eigenvalue weighted by atomic mass is 35.5. The zero-order chi connectivity index (χ0) is 20.8. The van der Waals surface area contributed by atoms with Crippen LogP contribution in [-0.4, -0.2) is 68.5 Å². The molecule has 0 unspecified atom stereocenters. The number of hydrogen-bond donors (Lipinski definition) is 2. The molecule has 0 saturated carbocycles. The van der Waals surface area contributed by atoms with Gasteiger partial charge in [-0.15, -0.1) is 0 Å². The Morgan fingerprint density at radius 2 is 2.00 bits per heavy atom. The van der Waals surface area contributed by atoms with Crippen molar-refractivity contribution in [1.29, 1.82) is 0 Å². The maximum atomic E-state index is 12.1. The molecular weight excluding hydrogens is 408 g/mol. The minimum atomic E-state index is -0.895. The molecule has 0 spiro atoms. The van der Waals surface area contributed by atoms with Crippen molar-refractivity contribution in [3.63, 3.8) is 0 Å². The van der Waals surface area contributed by atoms with E-state index in [9.17, 15) is 14.4 Å². The third kappa shape index (κ3) is 6.10. The van der Waals surface area contributed by atoms with Crippen molar-refractivity contribution in [2.45, 2.75) is 25.9 Å². The van der Waals surface area contributed by atoms with Crippen molar-refractivity contribution >= 4 is 48.1 Å². The predicted molar refractivity (Wildman–Crippen MR) is 106 cm³/mol. The summed E-state index contributed by atoms with van der Waals surface area (Å²) in [7, 11) is 0.921. The van der Waals surface area contributed by atoms with Crippen LogP contribution in [0.25, 0.3) is 0 Å². The molecule has 28 heavy (non-hydrogen) atoms. The van der Waals surface area contributed by atoms with Crippen LogP contribution < -0.4 is 10.6 Å². The summed E-state index contributed by atoms with van der Waals surface area (Å²) >= 11 is 11.8. The van der Waals surface area contributed by atoms with E-state index in [4.69, 9.17) is 32.5 Å². The lowest BCUT2D eigenvalue weighted by atomic mass is 9.89. The second kappa shape index (κ2) is 10.1. The molecule has 0 radical (unpaired) electrons. The standard InChI is InChI=1S/C17H22BCl2N3O5/c1-10-8-27-18(28-17(26)11(2)23(10)3)9-22-15(24)7-21-16(25)13-6-12(19)4-5-14(13)20/h4-6,10-11H,7-9H2,1-3H3,(H,21,25)(H,22,24)/t10-,11+/m0/s1. The van der Waals surface area contributed by atoms with Crippen LogP contribution in [-0.2, 0) is 18.9 Å². The minimum absolute atomic E-state index is 0.0165. The number of nitrogens with one attached hydrogen (secondary N) is 2.